The number of fused-ring (bicyclic) bond motifs is 1. The molecule has 1 saturated carbocycles. The molecule has 23 heavy (non-hydrogen) atoms. The lowest BCUT2D eigenvalue weighted by atomic mass is 9.71. The summed E-state index contributed by atoms with van der Waals surface area (Å²) in [7, 11) is 0. The minimum atomic E-state index is 0.0953. The Kier molecular flexibility index (Phi) is 4.00. The van der Waals surface area contributed by atoms with E-state index < -0.39 is 0 Å². The Morgan fingerprint density at radius 3 is 2.26 bits per heavy atom. The average Bonchev–Trinajstić information content (AvgIpc) is 2.52. The molecule has 0 unspecified atom stereocenters. The lowest BCUT2D eigenvalue weighted by Gasteiger charge is -2.36. The van der Waals surface area contributed by atoms with Crippen LogP contribution in [0, 0.1) is 21.7 Å². The van der Waals surface area contributed by atoms with Crippen molar-refractivity contribution in [2.75, 3.05) is 5.32 Å². The van der Waals surface area contributed by atoms with E-state index in [-0.39, 0.29) is 17.5 Å². The van der Waals surface area contributed by atoms with E-state index in [9.17, 15) is 10.4 Å². The van der Waals surface area contributed by atoms with Gasteiger partial charge in [-0.2, -0.15) is 0 Å². The van der Waals surface area contributed by atoms with E-state index in [0.717, 1.165) is 30.4 Å². The topological polar surface area (TPSA) is 78.8 Å². The first-order valence-electron chi connectivity index (χ1n) is 8.25. The highest BCUT2D eigenvalue weighted by atomic mass is 16.5. The largest absolute Gasteiger partial charge is 0.739 e. The van der Waals surface area contributed by atoms with Crippen molar-refractivity contribution < 1.29 is 9.58 Å². The van der Waals surface area contributed by atoms with Gasteiger partial charge in [0.2, 0.25) is 5.10 Å². The molecular weight excluding hydrogens is 292 g/mol. The Morgan fingerprint density at radius 1 is 1.04 bits per heavy atom. The molecule has 1 aliphatic carbocycles. The summed E-state index contributed by atoms with van der Waals surface area (Å²) in [6, 6.07) is 6.90. The molecule has 0 bridgehead atoms. The highest BCUT2D eigenvalue weighted by Crippen LogP contribution is 2.38. The first-order chi connectivity index (χ1) is 10.9. The van der Waals surface area contributed by atoms with Crippen molar-refractivity contribution in [2.45, 2.75) is 52.5 Å². The summed E-state index contributed by atoms with van der Waals surface area (Å²) >= 11 is 0. The van der Waals surface area contributed by atoms with Crippen LogP contribution in [0.4, 0.5) is 5.95 Å². The number of aromatic nitrogens is 3. The third-order valence-corrected chi connectivity index (χ3v) is 4.97. The molecule has 0 aliphatic heterocycles. The Hall–Kier alpha value is -2.11. The van der Waals surface area contributed by atoms with Crippen LogP contribution >= 0.6 is 0 Å². The number of para-hydroxylation sites is 2. The second-order valence-corrected chi connectivity index (χ2v) is 7.54. The molecule has 1 aliphatic rings. The first kappa shape index (κ1) is 15.8. The molecule has 0 saturated heterocycles. The molecule has 0 radical (unpaired) electrons. The number of nitrogens with zero attached hydrogens (tertiary/aromatic N) is 3. The van der Waals surface area contributed by atoms with E-state index >= 15 is 0 Å². The molecule has 6 nitrogen and oxygen atoms in total. The zero-order valence-corrected chi connectivity index (χ0v) is 14.0. The van der Waals surface area contributed by atoms with Gasteiger partial charge in [0, 0.05) is 10.9 Å². The predicted octanol–water partition coefficient (Wildman–Crippen LogP) is 2.52. The molecule has 0 amide bonds. The fraction of sp³-hybridized carbons (Fsp3) is 0.588. The van der Waals surface area contributed by atoms with Gasteiger partial charge in [-0.05, 0) is 43.1 Å². The maximum Gasteiger partial charge on any atom is 0.461 e. The van der Waals surface area contributed by atoms with Gasteiger partial charge >= 0.3 is 5.95 Å². The summed E-state index contributed by atoms with van der Waals surface area (Å²) in [5, 5.41) is 31.4. The fourth-order valence-corrected chi connectivity index (χ4v) is 3.47. The number of hydrogen-bond donors (Lipinski definition) is 1. The minimum Gasteiger partial charge on any atom is -0.739 e. The minimum absolute atomic E-state index is 0.0953. The van der Waals surface area contributed by atoms with Crippen LogP contribution in [-0.2, 0) is 0 Å². The monoisotopic (exact) mass is 316 g/mol. The van der Waals surface area contributed by atoms with Gasteiger partial charge in [-0.1, -0.05) is 32.9 Å². The van der Waals surface area contributed by atoms with Gasteiger partial charge in [-0.25, -0.2) is 4.73 Å². The molecule has 1 fully saturated rings. The fourth-order valence-electron chi connectivity index (χ4n) is 3.47. The summed E-state index contributed by atoms with van der Waals surface area (Å²) in [5.74, 6) is 0.798. The van der Waals surface area contributed by atoms with Crippen LogP contribution in [-0.4, -0.2) is 11.1 Å². The molecule has 1 N–H and O–H groups in total. The van der Waals surface area contributed by atoms with Gasteiger partial charge < -0.3 is 10.4 Å². The van der Waals surface area contributed by atoms with Crippen molar-refractivity contribution in [3.05, 3.63) is 34.7 Å². The van der Waals surface area contributed by atoms with Crippen LogP contribution in [0.5, 0.6) is 0 Å². The Labute approximate surface area is 136 Å². The second kappa shape index (κ2) is 5.83. The number of rotatable bonds is 2. The molecule has 1 heterocycles. The number of anilines is 1. The summed E-state index contributed by atoms with van der Waals surface area (Å²) in [4.78, 5) is 0.521. The van der Waals surface area contributed by atoms with Crippen molar-refractivity contribution in [1.82, 2.24) is 5.10 Å². The molecule has 124 valence electrons. The van der Waals surface area contributed by atoms with Gasteiger partial charge in [0.05, 0.1) is 6.04 Å². The van der Waals surface area contributed by atoms with E-state index in [1.165, 1.54) is 0 Å². The van der Waals surface area contributed by atoms with E-state index in [1.54, 1.807) is 24.3 Å². The Balaban J connectivity index is 1.77. The van der Waals surface area contributed by atoms with Gasteiger partial charge in [0.15, 0.2) is 5.52 Å². The van der Waals surface area contributed by atoms with Gasteiger partial charge in [-0.3, -0.25) is 5.32 Å². The quantitative estimate of drug-likeness (QED) is 0.682. The molecule has 1 aromatic carbocycles. The van der Waals surface area contributed by atoms with Crippen LogP contribution in [0.15, 0.2) is 24.3 Å². The van der Waals surface area contributed by atoms with E-state index in [1.807, 2.05) is 0 Å². The van der Waals surface area contributed by atoms with E-state index in [4.69, 9.17) is 0 Å². The molecule has 2 aromatic rings. The smallest absolute Gasteiger partial charge is 0.461 e. The number of nitrogens with one attached hydrogen (secondary N) is 1. The normalized spacial score (nSPS) is 22.2. The van der Waals surface area contributed by atoms with Crippen molar-refractivity contribution in [3.8, 4) is 0 Å². The van der Waals surface area contributed by atoms with E-state index in [2.05, 4.69) is 31.2 Å². The molecule has 0 atom stereocenters. The predicted molar refractivity (Wildman–Crippen MR) is 88.5 cm³/mol. The Bertz CT molecular complexity index is 704. The summed E-state index contributed by atoms with van der Waals surface area (Å²) in [6.45, 7) is 6.84. The SMILES string of the molecule is CC(C)(C)C1CCC(Nc2n[n+]([O-])c3ccccc3[n+]2[O-])CC1. The van der Waals surface area contributed by atoms with Gasteiger partial charge in [0.1, 0.15) is 0 Å². The third-order valence-electron chi connectivity index (χ3n) is 4.97. The van der Waals surface area contributed by atoms with Gasteiger partial charge in [0.25, 0.3) is 5.52 Å². The molecule has 0 spiro atoms. The van der Waals surface area contributed by atoms with Crippen LogP contribution in [0.3, 0.4) is 0 Å². The van der Waals surface area contributed by atoms with Crippen molar-refractivity contribution in [3.63, 3.8) is 0 Å². The zero-order valence-electron chi connectivity index (χ0n) is 14.0. The summed E-state index contributed by atoms with van der Waals surface area (Å²) in [5.41, 5.74) is 0.940. The molecule has 6 heteroatoms. The van der Waals surface area contributed by atoms with Crippen LogP contribution in [0.2, 0.25) is 0 Å². The van der Waals surface area contributed by atoms with Crippen molar-refractivity contribution in [2.24, 2.45) is 11.3 Å². The maximum absolute atomic E-state index is 12.4. The van der Waals surface area contributed by atoms with Crippen LogP contribution in [0.25, 0.3) is 11.0 Å². The molecular formula is C17H24N4O2. The zero-order chi connectivity index (χ0) is 16.6. The first-order valence-corrected chi connectivity index (χ1v) is 8.25. The maximum atomic E-state index is 12.4. The standard InChI is InChI=1S/C17H24N4O2/c1-17(2,3)12-8-10-13(11-9-12)18-16-19-21(23)15-7-5-4-6-14(15)20(16)22/h4-7,12-13H,8-11H2,1-3H3,(H,18,19). The summed E-state index contributed by atoms with van der Waals surface area (Å²) in [6.07, 6.45) is 4.25. The third kappa shape index (κ3) is 3.16. The van der Waals surface area contributed by atoms with Crippen molar-refractivity contribution >= 4 is 17.0 Å². The number of hydrogen-bond acceptors (Lipinski definition) is 4. The lowest BCUT2D eigenvalue weighted by molar-refractivity contribution is -0.672. The second-order valence-electron chi connectivity index (χ2n) is 7.54. The summed E-state index contributed by atoms with van der Waals surface area (Å²) < 4.78 is 0.722. The molecule has 1 aromatic heterocycles. The highest BCUT2D eigenvalue weighted by Gasteiger charge is 2.32. The van der Waals surface area contributed by atoms with Crippen LogP contribution in [0.1, 0.15) is 46.5 Å². The van der Waals surface area contributed by atoms with Crippen LogP contribution < -0.4 is 14.9 Å². The van der Waals surface area contributed by atoms with Crippen molar-refractivity contribution in [1.29, 1.82) is 0 Å². The number of benzene rings is 1. The average molecular weight is 316 g/mol. The molecule has 3 rings (SSSR count). The highest BCUT2D eigenvalue weighted by molar-refractivity contribution is 5.67. The van der Waals surface area contributed by atoms with E-state index in [0.29, 0.717) is 21.7 Å². The Morgan fingerprint density at radius 2 is 1.65 bits per heavy atom. The lowest BCUT2D eigenvalue weighted by Crippen LogP contribution is -2.46. The van der Waals surface area contributed by atoms with Gasteiger partial charge in [-0.15, -0.1) is 0 Å².